The molecule has 1 N–H and O–H groups in total. The molecule has 0 saturated carbocycles. The zero-order valence-electron chi connectivity index (χ0n) is 6.84. The summed E-state index contributed by atoms with van der Waals surface area (Å²) in [5.74, 6) is -1.54. The number of rotatable bonds is 1. The summed E-state index contributed by atoms with van der Waals surface area (Å²) in [5.41, 5.74) is -0.630. The summed E-state index contributed by atoms with van der Waals surface area (Å²) in [6.45, 7) is 0. The molecule has 4 nitrogen and oxygen atoms in total. The molecule has 0 bridgehead atoms. The molecule has 1 heterocycles. The van der Waals surface area contributed by atoms with Gasteiger partial charge in [0.25, 0.3) is 0 Å². The predicted molar refractivity (Wildman–Crippen MR) is 45.0 cm³/mol. The quantitative estimate of drug-likeness (QED) is 0.803. The molecule has 8 heteroatoms. The molecule has 1 rings (SSSR count). The molecule has 0 amide bonds. The molecule has 0 aliphatic heterocycles. The van der Waals surface area contributed by atoms with Crippen LogP contribution in [0.4, 0.5) is 13.2 Å². The first kappa shape index (κ1) is 11.6. The summed E-state index contributed by atoms with van der Waals surface area (Å²) in [6.07, 6.45) is -4.25. The third kappa shape index (κ3) is 2.73. The second-order valence-corrected chi connectivity index (χ2v) is 3.05. The summed E-state index contributed by atoms with van der Waals surface area (Å²) in [4.78, 5) is 3.36. The number of ether oxygens (including phenoxy) is 1. The lowest BCUT2D eigenvalue weighted by atomic mass is 10.2. The Labute approximate surface area is 90.0 Å². The summed E-state index contributed by atoms with van der Waals surface area (Å²) >= 11 is 2.75. The number of aromatic nitrogens is 1. The largest absolute Gasteiger partial charge is 0.573 e. The maximum absolute atomic E-state index is 11.8. The van der Waals surface area contributed by atoms with Gasteiger partial charge in [0.1, 0.15) is 16.2 Å². The van der Waals surface area contributed by atoms with Gasteiger partial charge in [0.05, 0.1) is 6.20 Å². The molecule has 1 aromatic heterocycles. The molecule has 15 heavy (non-hydrogen) atoms. The topological polar surface area (TPSA) is 66.1 Å². The van der Waals surface area contributed by atoms with Crippen LogP contribution in [0.15, 0.2) is 10.8 Å². The van der Waals surface area contributed by atoms with E-state index in [0.29, 0.717) is 6.20 Å². The zero-order valence-corrected chi connectivity index (χ0v) is 8.43. The van der Waals surface area contributed by atoms with Gasteiger partial charge in [0, 0.05) is 0 Å². The number of halogens is 4. The van der Waals surface area contributed by atoms with Gasteiger partial charge in [0.15, 0.2) is 11.5 Å². The number of pyridine rings is 1. The van der Waals surface area contributed by atoms with E-state index in [1.165, 1.54) is 6.07 Å². The molecule has 0 saturated heterocycles. The minimum Gasteiger partial charge on any atom is -0.504 e. The molecule has 1 aromatic rings. The highest BCUT2D eigenvalue weighted by atomic mass is 79.9. The van der Waals surface area contributed by atoms with E-state index in [9.17, 15) is 18.3 Å². The van der Waals surface area contributed by atoms with E-state index in [2.05, 4.69) is 25.7 Å². The van der Waals surface area contributed by atoms with Gasteiger partial charge >= 0.3 is 6.36 Å². The Kier molecular flexibility index (Phi) is 3.04. The minimum absolute atomic E-state index is 0.131. The average Bonchev–Trinajstić information content (AvgIpc) is 2.10. The van der Waals surface area contributed by atoms with Crippen LogP contribution in [0.3, 0.4) is 0 Å². The first-order chi connectivity index (χ1) is 6.85. The highest BCUT2D eigenvalue weighted by Gasteiger charge is 2.33. The smallest absolute Gasteiger partial charge is 0.504 e. The van der Waals surface area contributed by atoms with Crippen LogP contribution in [-0.4, -0.2) is 16.5 Å². The molecule has 0 aliphatic rings. The van der Waals surface area contributed by atoms with E-state index < -0.39 is 23.4 Å². The summed E-state index contributed by atoms with van der Waals surface area (Å²) < 4.78 is 38.9. The number of alkyl halides is 3. The molecule has 0 radical (unpaired) electrons. The maximum Gasteiger partial charge on any atom is 0.573 e. The zero-order chi connectivity index (χ0) is 11.6. The van der Waals surface area contributed by atoms with Crippen LogP contribution in [0.2, 0.25) is 0 Å². The Morgan fingerprint density at radius 2 is 2.13 bits per heavy atom. The number of hydrogen-bond donors (Lipinski definition) is 1. The van der Waals surface area contributed by atoms with Gasteiger partial charge in [0.2, 0.25) is 0 Å². The van der Waals surface area contributed by atoms with Crippen molar-refractivity contribution >= 4 is 15.9 Å². The molecule has 0 spiro atoms. The standard InChI is InChI=1S/C7H2BrF3N2O2/c8-6-5(14)3(1-12)4(2-13-6)15-7(9,10)11/h2,14H. The fourth-order valence-corrected chi connectivity index (χ4v) is 1.07. The normalized spacial score (nSPS) is 10.9. The van der Waals surface area contributed by atoms with E-state index in [0.717, 1.165) is 0 Å². The molecule has 80 valence electrons. The Morgan fingerprint density at radius 3 is 2.60 bits per heavy atom. The number of nitrogens with zero attached hydrogens (tertiary/aromatic N) is 2. The number of hydrogen-bond acceptors (Lipinski definition) is 4. The van der Waals surface area contributed by atoms with Crippen LogP contribution < -0.4 is 4.74 Å². The maximum atomic E-state index is 11.8. The summed E-state index contributed by atoms with van der Waals surface area (Å²) in [6, 6.07) is 1.38. The van der Waals surface area contributed by atoms with Crippen molar-refractivity contribution in [1.82, 2.24) is 4.98 Å². The number of aromatic hydroxyl groups is 1. The Bertz CT molecular complexity index is 427. The Balaban J connectivity index is 3.21. The number of nitriles is 1. The SMILES string of the molecule is N#Cc1c(OC(F)(F)F)cnc(Br)c1O. The highest BCUT2D eigenvalue weighted by molar-refractivity contribution is 9.10. The van der Waals surface area contributed by atoms with Gasteiger partial charge < -0.3 is 9.84 Å². The summed E-state index contributed by atoms with van der Waals surface area (Å²) in [5, 5.41) is 17.7. The van der Waals surface area contributed by atoms with E-state index in [1.807, 2.05) is 0 Å². The Morgan fingerprint density at radius 1 is 1.53 bits per heavy atom. The predicted octanol–water partition coefficient (Wildman–Crippen LogP) is 2.32. The monoisotopic (exact) mass is 282 g/mol. The van der Waals surface area contributed by atoms with Crippen molar-refractivity contribution in [3.05, 3.63) is 16.4 Å². The van der Waals surface area contributed by atoms with Crippen LogP contribution in [0.25, 0.3) is 0 Å². The van der Waals surface area contributed by atoms with Gasteiger partial charge in [-0.3, -0.25) is 0 Å². The molecule has 0 unspecified atom stereocenters. The fourth-order valence-electron chi connectivity index (χ4n) is 0.771. The molecular formula is C7H2BrF3N2O2. The van der Waals surface area contributed by atoms with Crippen LogP contribution in [-0.2, 0) is 0 Å². The first-order valence-corrected chi connectivity index (χ1v) is 4.17. The van der Waals surface area contributed by atoms with Crippen molar-refractivity contribution in [3.63, 3.8) is 0 Å². The van der Waals surface area contributed by atoms with Crippen molar-refractivity contribution in [2.24, 2.45) is 0 Å². The van der Waals surface area contributed by atoms with E-state index in [4.69, 9.17) is 5.26 Å². The summed E-state index contributed by atoms with van der Waals surface area (Å²) in [7, 11) is 0. The van der Waals surface area contributed by atoms with E-state index >= 15 is 0 Å². The van der Waals surface area contributed by atoms with Gasteiger partial charge in [-0.05, 0) is 15.9 Å². The molecule has 0 aliphatic carbocycles. The minimum atomic E-state index is -4.94. The lowest BCUT2D eigenvalue weighted by Gasteiger charge is -2.10. The third-order valence-corrected chi connectivity index (χ3v) is 1.89. The molecule has 0 atom stereocenters. The first-order valence-electron chi connectivity index (χ1n) is 3.38. The average molecular weight is 283 g/mol. The van der Waals surface area contributed by atoms with Gasteiger partial charge in [-0.25, -0.2) is 4.98 Å². The highest BCUT2D eigenvalue weighted by Crippen LogP contribution is 2.34. The van der Waals surface area contributed by atoms with Crippen LogP contribution >= 0.6 is 15.9 Å². The van der Waals surface area contributed by atoms with Gasteiger partial charge in [-0.2, -0.15) is 5.26 Å². The third-order valence-electron chi connectivity index (χ3n) is 1.31. The van der Waals surface area contributed by atoms with E-state index in [-0.39, 0.29) is 4.60 Å². The lowest BCUT2D eigenvalue weighted by molar-refractivity contribution is -0.274. The van der Waals surface area contributed by atoms with Crippen molar-refractivity contribution < 1.29 is 23.0 Å². The molecule has 0 aromatic carbocycles. The van der Waals surface area contributed by atoms with Gasteiger partial charge in [-0.15, -0.1) is 13.2 Å². The van der Waals surface area contributed by atoms with Crippen LogP contribution in [0.1, 0.15) is 5.56 Å². The second-order valence-electron chi connectivity index (χ2n) is 2.30. The van der Waals surface area contributed by atoms with E-state index in [1.54, 1.807) is 0 Å². The lowest BCUT2D eigenvalue weighted by Crippen LogP contribution is -2.18. The Hall–Kier alpha value is -1.49. The van der Waals surface area contributed by atoms with Crippen LogP contribution in [0.5, 0.6) is 11.5 Å². The fraction of sp³-hybridized carbons (Fsp3) is 0.143. The van der Waals surface area contributed by atoms with Crippen molar-refractivity contribution in [2.75, 3.05) is 0 Å². The molecular weight excluding hydrogens is 281 g/mol. The van der Waals surface area contributed by atoms with Crippen molar-refractivity contribution in [3.8, 4) is 17.6 Å². The molecule has 0 fully saturated rings. The van der Waals surface area contributed by atoms with Gasteiger partial charge in [-0.1, -0.05) is 0 Å². The second kappa shape index (κ2) is 3.94. The van der Waals surface area contributed by atoms with Crippen LogP contribution in [0, 0.1) is 11.3 Å². The van der Waals surface area contributed by atoms with Crippen molar-refractivity contribution in [1.29, 1.82) is 5.26 Å². The van der Waals surface area contributed by atoms with Crippen molar-refractivity contribution in [2.45, 2.75) is 6.36 Å².